The van der Waals surface area contributed by atoms with Gasteiger partial charge in [0, 0.05) is 22.3 Å². The third kappa shape index (κ3) is 9.78. The molecular formula is C52H74O4. The van der Waals surface area contributed by atoms with Crippen molar-refractivity contribution in [3.63, 3.8) is 0 Å². The number of phenolic OH excluding ortho intramolecular Hbond substituents is 2. The monoisotopic (exact) mass is 763 g/mol. The molecule has 0 amide bonds. The second-order valence-corrected chi connectivity index (χ2v) is 20.6. The van der Waals surface area contributed by atoms with Crippen LogP contribution in [0, 0.1) is 0 Å². The first kappa shape index (κ1) is 44.8. The average Bonchev–Trinajstić information content (AvgIpc) is 3.06. The van der Waals surface area contributed by atoms with Crippen LogP contribution in [0.2, 0.25) is 0 Å². The molecule has 0 unspecified atom stereocenters. The fourth-order valence-electron chi connectivity index (χ4n) is 7.35. The Bertz CT molecular complexity index is 1870. The van der Waals surface area contributed by atoms with Crippen molar-refractivity contribution >= 4 is 0 Å². The first-order valence-corrected chi connectivity index (χ1v) is 21.1. The van der Waals surface area contributed by atoms with Crippen molar-refractivity contribution in [1.82, 2.24) is 0 Å². The lowest BCUT2D eigenvalue weighted by Gasteiger charge is -2.28. The minimum atomic E-state index is -0.172. The zero-order valence-corrected chi connectivity index (χ0v) is 38.3. The second-order valence-electron chi connectivity index (χ2n) is 20.6. The number of aryl methyl sites for hydroxylation is 2. The number of hydrogen-bond donors (Lipinski definition) is 2. The van der Waals surface area contributed by atoms with E-state index in [0.717, 1.165) is 67.1 Å². The van der Waals surface area contributed by atoms with Crippen molar-refractivity contribution in [2.24, 2.45) is 0 Å². The van der Waals surface area contributed by atoms with Crippen LogP contribution in [-0.4, -0.2) is 23.4 Å². The molecule has 0 heterocycles. The molecule has 4 nitrogen and oxygen atoms in total. The molecule has 306 valence electrons. The van der Waals surface area contributed by atoms with Gasteiger partial charge in [-0.2, -0.15) is 0 Å². The molecule has 0 radical (unpaired) electrons. The lowest BCUT2D eigenvalue weighted by Crippen LogP contribution is -2.15. The van der Waals surface area contributed by atoms with Crippen LogP contribution < -0.4 is 9.47 Å². The zero-order valence-electron chi connectivity index (χ0n) is 38.3. The third-order valence-electron chi connectivity index (χ3n) is 11.1. The topological polar surface area (TPSA) is 58.9 Å². The number of ether oxygens (including phenoxy) is 2. The van der Waals surface area contributed by atoms with Gasteiger partial charge in [-0.25, -0.2) is 0 Å². The summed E-state index contributed by atoms with van der Waals surface area (Å²) in [6.07, 6.45) is 1.09. The van der Waals surface area contributed by atoms with Crippen LogP contribution in [0.4, 0.5) is 0 Å². The molecule has 0 saturated carbocycles. The minimum Gasteiger partial charge on any atom is -0.507 e. The Labute approximate surface area is 341 Å². The maximum atomic E-state index is 12.4. The standard InChI is InChI=1S/C52H74O4/c1-19-55-47-39(31(3)4)25-37(51(13,14)15)29-43(47)41-27-35(49(7,8)9)23-33(45(41)53)21-22-34-24-36(50(10,11)12)28-42(46(34)54)44-30-38(52(16,17)18)26-40(32(5)6)48(44)56-20-2/h23-32,53-54H,19-22H2,1-18H3. The molecule has 0 bridgehead atoms. The van der Waals surface area contributed by atoms with Gasteiger partial charge in [0.15, 0.2) is 0 Å². The molecule has 0 aliphatic heterocycles. The zero-order chi connectivity index (χ0) is 42.3. The van der Waals surface area contributed by atoms with Gasteiger partial charge in [-0.3, -0.25) is 0 Å². The van der Waals surface area contributed by atoms with Crippen molar-refractivity contribution < 1.29 is 19.7 Å². The lowest BCUT2D eigenvalue weighted by molar-refractivity contribution is 0.336. The largest absolute Gasteiger partial charge is 0.507 e. The summed E-state index contributed by atoms with van der Waals surface area (Å²) in [6, 6.07) is 17.7. The fourth-order valence-corrected chi connectivity index (χ4v) is 7.35. The van der Waals surface area contributed by atoms with Crippen LogP contribution in [-0.2, 0) is 34.5 Å². The van der Waals surface area contributed by atoms with E-state index in [1.165, 1.54) is 11.1 Å². The maximum absolute atomic E-state index is 12.4. The molecule has 0 aliphatic carbocycles. The normalized spacial score (nSPS) is 12.9. The Hall–Kier alpha value is -3.92. The molecule has 0 atom stereocenters. The van der Waals surface area contributed by atoms with E-state index >= 15 is 0 Å². The van der Waals surface area contributed by atoms with Gasteiger partial charge in [0.1, 0.15) is 23.0 Å². The molecule has 0 fully saturated rings. The van der Waals surface area contributed by atoms with E-state index in [-0.39, 0.29) is 45.0 Å². The van der Waals surface area contributed by atoms with Gasteiger partial charge in [0.05, 0.1) is 13.2 Å². The van der Waals surface area contributed by atoms with Crippen molar-refractivity contribution in [3.05, 3.63) is 93.0 Å². The summed E-state index contributed by atoms with van der Waals surface area (Å²) in [5.41, 5.74) is 11.6. The molecule has 4 rings (SSSR count). The Balaban J connectivity index is 2.01. The van der Waals surface area contributed by atoms with Gasteiger partial charge < -0.3 is 19.7 Å². The Morgan fingerprint density at radius 2 is 0.696 bits per heavy atom. The maximum Gasteiger partial charge on any atom is 0.130 e. The van der Waals surface area contributed by atoms with E-state index < -0.39 is 0 Å². The molecule has 4 aromatic rings. The van der Waals surface area contributed by atoms with Crippen LogP contribution in [0.25, 0.3) is 22.3 Å². The third-order valence-corrected chi connectivity index (χ3v) is 11.1. The van der Waals surface area contributed by atoms with Crippen molar-refractivity contribution in [3.8, 4) is 45.3 Å². The summed E-state index contributed by atoms with van der Waals surface area (Å²) in [5.74, 6) is 2.69. The highest BCUT2D eigenvalue weighted by Gasteiger charge is 2.29. The molecule has 4 heteroatoms. The van der Waals surface area contributed by atoms with Crippen LogP contribution in [0.15, 0.2) is 48.5 Å². The highest BCUT2D eigenvalue weighted by Crippen LogP contribution is 2.49. The van der Waals surface area contributed by atoms with Crippen LogP contribution in [0.5, 0.6) is 23.0 Å². The minimum absolute atomic E-state index is 0.0963. The summed E-state index contributed by atoms with van der Waals surface area (Å²) < 4.78 is 12.9. The van der Waals surface area contributed by atoms with Gasteiger partial charge in [0.2, 0.25) is 0 Å². The first-order valence-electron chi connectivity index (χ1n) is 21.1. The van der Waals surface area contributed by atoms with Gasteiger partial charge >= 0.3 is 0 Å². The summed E-state index contributed by atoms with van der Waals surface area (Å²) >= 11 is 0. The molecule has 0 aromatic heterocycles. The molecule has 0 saturated heterocycles. The summed E-state index contributed by atoms with van der Waals surface area (Å²) in [4.78, 5) is 0. The summed E-state index contributed by atoms with van der Waals surface area (Å²) in [5, 5.41) is 24.7. The smallest absolute Gasteiger partial charge is 0.130 e. The first-order chi connectivity index (χ1) is 25.7. The predicted molar refractivity (Wildman–Crippen MR) is 240 cm³/mol. The number of phenols is 2. The molecule has 0 aliphatic rings. The SMILES string of the molecule is CCOc1c(-c2cc(C(C)(C)C)cc(CCc3cc(C(C)(C)C)cc(-c4cc(C(C)(C)C)cc(C(C)C)c4OCC)c3O)c2O)cc(C(C)(C)C)cc1C(C)C. The quantitative estimate of drug-likeness (QED) is 0.160. The second kappa shape index (κ2) is 16.5. The number of hydrogen-bond acceptors (Lipinski definition) is 4. The molecule has 4 aromatic carbocycles. The lowest BCUT2D eigenvalue weighted by atomic mass is 9.79. The predicted octanol–water partition coefficient (Wildman–Crippen LogP) is 14.5. The van der Waals surface area contributed by atoms with Crippen LogP contribution in [0.3, 0.4) is 0 Å². The van der Waals surface area contributed by atoms with Crippen LogP contribution >= 0.6 is 0 Å². The Morgan fingerprint density at radius 1 is 0.429 bits per heavy atom. The molecule has 2 N–H and O–H groups in total. The van der Waals surface area contributed by atoms with E-state index in [0.29, 0.717) is 26.1 Å². The number of benzene rings is 4. The molecule has 56 heavy (non-hydrogen) atoms. The van der Waals surface area contributed by atoms with Gasteiger partial charge in [0.25, 0.3) is 0 Å². The van der Waals surface area contributed by atoms with E-state index in [1.807, 2.05) is 13.8 Å². The van der Waals surface area contributed by atoms with Gasteiger partial charge in [-0.05, 0) is 129 Å². The summed E-state index contributed by atoms with van der Waals surface area (Å²) in [7, 11) is 0. The molecular weight excluding hydrogens is 689 g/mol. The van der Waals surface area contributed by atoms with Crippen molar-refractivity contribution in [2.45, 2.75) is 171 Å². The number of aromatic hydroxyl groups is 2. The van der Waals surface area contributed by atoms with E-state index in [2.05, 4.69) is 159 Å². The van der Waals surface area contributed by atoms with E-state index in [4.69, 9.17) is 9.47 Å². The van der Waals surface area contributed by atoms with Gasteiger partial charge in [-0.1, -0.05) is 135 Å². The highest BCUT2D eigenvalue weighted by molar-refractivity contribution is 5.82. The van der Waals surface area contributed by atoms with Crippen LogP contribution in [0.1, 0.15) is 181 Å². The van der Waals surface area contributed by atoms with Crippen molar-refractivity contribution in [2.75, 3.05) is 13.2 Å². The Morgan fingerprint density at radius 3 is 0.946 bits per heavy atom. The highest BCUT2D eigenvalue weighted by atomic mass is 16.5. The number of rotatable bonds is 11. The van der Waals surface area contributed by atoms with Gasteiger partial charge in [-0.15, -0.1) is 0 Å². The van der Waals surface area contributed by atoms with E-state index in [9.17, 15) is 10.2 Å². The van der Waals surface area contributed by atoms with Crippen molar-refractivity contribution in [1.29, 1.82) is 0 Å². The Kier molecular flexibility index (Phi) is 13.2. The molecule has 0 spiro atoms. The van der Waals surface area contributed by atoms with E-state index in [1.54, 1.807) is 0 Å². The fraction of sp³-hybridized carbons (Fsp3) is 0.538. The summed E-state index contributed by atoms with van der Waals surface area (Å²) in [6.45, 7) is 40.7. The average molecular weight is 763 g/mol.